The molecule has 1 unspecified atom stereocenters. The Morgan fingerprint density at radius 3 is 2.95 bits per heavy atom. The van der Waals surface area contributed by atoms with Gasteiger partial charge in [-0.3, -0.25) is 0 Å². The molecule has 0 radical (unpaired) electrons. The van der Waals surface area contributed by atoms with Crippen LogP contribution in [0.25, 0.3) is 0 Å². The van der Waals surface area contributed by atoms with E-state index in [0.717, 1.165) is 18.5 Å². The molecule has 1 aromatic carbocycles. The second kappa shape index (κ2) is 7.05. The number of imidazole rings is 1. The third-order valence-corrected chi connectivity index (χ3v) is 3.27. The van der Waals surface area contributed by atoms with Crippen molar-refractivity contribution in [1.29, 1.82) is 0 Å². The van der Waals surface area contributed by atoms with Crippen molar-refractivity contribution in [2.75, 3.05) is 13.7 Å². The van der Waals surface area contributed by atoms with Crippen molar-refractivity contribution in [3.63, 3.8) is 0 Å². The number of nitrogens with one attached hydrogen (secondary N) is 1. The molecule has 1 aromatic heterocycles. The zero-order valence-electron chi connectivity index (χ0n) is 11.8. The third kappa shape index (κ3) is 3.81. The van der Waals surface area contributed by atoms with Gasteiger partial charge in [0.05, 0.1) is 12.9 Å². The molecule has 0 amide bonds. The summed E-state index contributed by atoms with van der Waals surface area (Å²) in [6.45, 7) is 3.28. The van der Waals surface area contributed by atoms with E-state index in [9.17, 15) is 4.39 Å². The fourth-order valence-electron chi connectivity index (χ4n) is 1.92. The third-order valence-electron chi connectivity index (χ3n) is 3.27. The first kappa shape index (κ1) is 14.5. The summed E-state index contributed by atoms with van der Waals surface area (Å²) in [6, 6.07) is 5.22. The predicted molar refractivity (Wildman–Crippen MR) is 76.2 cm³/mol. The molecule has 0 saturated heterocycles. The highest BCUT2D eigenvalue weighted by molar-refractivity contribution is 5.30. The SMILES string of the molecule is CNC(C)c1ccc(OCCCn2ccnc2)c(F)c1. The van der Waals surface area contributed by atoms with E-state index in [1.807, 2.05) is 30.8 Å². The first-order chi connectivity index (χ1) is 9.70. The standard InChI is InChI=1S/C15H20FN3O/c1-12(17-2)13-4-5-15(14(16)10-13)20-9-3-7-19-8-6-18-11-19/h4-6,8,10-12,17H,3,7,9H2,1-2H3. The molecule has 0 spiro atoms. The quantitative estimate of drug-likeness (QED) is 0.791. The molecule has 20 heavy (non-hydrogen) atoms. The van der Waals surface area contributed by atoms with E-state index >= 15 is 0 Å². The summed E-state index contributed by atoms with van der Waals surface area (Å²) in [5, 5.41) is 3.08. The van der Waals surface area contributed by atoms with Gasteiger partial charge in [0.25, 0.3) is 0 Å². The molecule has 2 rings (SSSR count). The normalized spacial score (nSPS) is 12.3. The monoisotopic (exact) mass is 277 g/mol. The van der Waals surface area contributed by atoms with Crippen LogP contribution in [0.15, 0.2) is 36.9 Å². The number of ether oxygens (including phenoxy) is 1. The van der Waals surface area contributed by atoms with Crippen molar-refractivity contribution < 1.29 is 9.13 Å². The van der Waals surface area contributed by atoms with E-state index in [1.54, 1.807) is 18.6 Å². The van der Waals surface area contributed by atoms with Gasteiger partial charge in [0.1, 0.15) is 0 Å². The zero-order chi connectivity index (χ0) is 14.4. The Hall–Kier alpha value is -1.88. The Balaban J connectivity index is 1.83. The lowest BCUT2D eigenvalue weighted by molar-refractivity contribution is 0.287. The molecule has 2 aromatic rings. The molecule has 0 bridgehead atoms. The molecule has 0 saturated carbocycles. The Labute approximate surface area is 118 Å². The summed E-state index contributed by atoms with van der Waals surface area (Å²) in [7, 11) is 1.85. The number of hydrogen-bond donors (Lipinski definition) is 1. The van der Waals surface area contributed by atoms with Gasteiger partial charge in [0.15, 0.2) is 11.6 Å². The highest BCUT2D eigenvalue weighted by Crippen LogP contribution is 2.22. The lowest BCUT2D eigenvalue weighted by Crippen LogP contribution is -2.12. The van der Waals surface area contributed by atoms with Crippen molar-refractivity contribution in [2.45, 2.75) is 25.9 Å². The highest BCUT2D eigenvalue weighted by Gasteiger charge is 2.08. The fraction of sp³-hybridized carbons (Fsp3) is 0.400. The minimum atomic E-state index is -0.313. The molecule has 5 heteroatoms. The van der Waals surface area contributed by atoms with E-state index in [2.05, 4.69) is 10.3 Å². The molecule has 0 fully saturated rings. The van der Waals surface area contributed by atoms with E-state index in [4.69, 9.17) is 4.74 Å². The van der Waals surface area contributed by atoms with Crippen molar-refractivity contribution in [1.82, 2.24) is 14.9 Å². The molecule has 0 aliphatic rings. The fourth-order valence-corrected chi connectivity index (χ4v) is 1.92. The van der Waals surface area contributed by atoms with Crippen LogP contribution < -0.4 is 10.1 Å². The van der Waals surface area contributed by atoms with Crippen LogP contribution >= 0.6 is 0 Å². The molecule has 4 nitrogen and oxygen atoms in total. The van der Waals surface area contributed by atoms with Gasteiger partial charge in [-0.2, -0.15) is 0 Å². The number of aryl methyl sites for hydroxylation is 1. The van der Waals surface area contributed by atoms with Crippen molar-refractivity contribution >= 4 is 0 Å². The van der Waals surface area contributed by atoms with Crippen molar-refractivity contribution in [2.24, 2.45) is 0 Å². The van der Waals surface area contributed by atoms with Crippen LogP contribution in [0.1, 0.15) is 24.9 Å². The average molecular weight is 277 g/mol. The molecule has 1 N–H and O–H groups in total. The predicted octanol–water partition coefficient (Wildman–Crippen LogP) is 2.77. The van der Waals surface area contributed by atoms with Gasteiger partial charge >= 0.3 is 0 Å². The topological polar surface area (TPSA) is 39.1 Å². The van der Waals surface area contributed by atoms with Crippen molar-refractivity contribution in [3.05, 3.63) is 48.3 Å². The van der Waals surface area contributed by atoms with Gasteiger partial charge in [-0.05, 0) is 38.1 Å². The molecular weight excluding hydrogens is 257 g/mol. The first-order valence-electron chi connectivity index (χ1n) is 6.76. The maximum Gasteiger partial charge on any atom is 0.165 e. The lowest BCUT2D eigenvalue weighted by Gasteiger charge is -2.13. The Morgan fingerprint density at radius 1 is 1.45 bits per heavy atom. The summed E-state index contributed by atoms with van der Waals surface area (Å²) in [5.41, 5.74) is 0.913. The van der Waals surface area contributed by atoms with Crippen molar-refractivity contribution in [3.8, 4) is 5.75 Å². The Bertz CT molecular complexity index is 528. The van der Waals surface area contributed by atoms with Gasteiger partial charge in [-0.1, -0.05) is 6.07 Å². The summed E-state index contributed by atoms with van der Waals surface area (Å²) in [6.07, 6.45) is 6.20. The number of rotatable bonds is 7. The molecule has 1 atom stereocenters. The smallest absolute Gasteiger partial charge is 0.165 e. The van der Waals surface area contributed by atoms with Crippen LogP contribution in [0.3, 0.4) is 0 Å². The van der Waals surface area contributed by atoms with Crippen LogP contribution in [0.2, 0.25) is 0 Å². The van der Waals surface area contributed by atoms with Crippen LogP contribution in [0.5, 0.6) is 5.75 Å². The number of benzene rings is 1. The highest BCUT2D eigenvalue weighted by atomic mass is 19.1. The second-order valence-electron chi connectivity index (χ2n) is 4.70. The Morgan fingerprint density at radius 2 is 2.30 bits per heavy atom. The second-order valence-corrected chi connectivity index (χ2v) is 4.70. The van der Waals surface area contributed by atoms with Gasteiger partial charge in [-0.15, -0.1) is 0 Å². The summed E-state index contributed by atoms with van der Waals surface area (Å²) >= 11 is 0. The van der Waals surface area contributed by atoms with E-state index in [1.165, 1.54) is 6.07 Å². The molecule has 0 aliphatic heterocycles. The average Bonchev–Trinajstić information content (AvgIpc) is 2.97. The van der Waals surface area contributed by atoms with Crippen LogP contribution in [-0.2, 0) is 6.54 Å². The molecule has 108 valence electrons. The lowest BCUT2D eigenvalue weighted by atomic mass is 10.1. The molecular formula is C15H20FN3O. The summed E-state index contributed by atoms with van der Waals surface area (Å²) in [4.78, 5) is 3.96. The zero-order valence-corrected chi connectivity index (χ0v) is 11.8. The molecule has 0 aliphatic carbocycles. The van der Waals surface area contributed by atoms with Gasteiger partial charge in [0, 0.05) is 25.0 Å². The number of nitrogens with zero attached hydrogens (tertiary/aromatic N) is 2. The van der Waals surface area contributed by atoms with Gasteiger partial charge in [0.2, 0.25) is 0 Å². The first-order valence-corrected chi connectivity index (χ1v) is 6.76. The van der Waals surface area contributed by atoms with Crippen LogP contribution in [0.4, 0.5) is 4.39 Å². The van der Waals surface area contributed by atoms with E-state index < -0.39 is 0 Å². The maximum atomic E-state index is 13.9. The summed E-state index contributed by atoms with van der Waals surface area (Å²) in [5.74, 6) is -0.00471. The van der Waals surface area contributed by atoms with E-state index in [-0.39, 0.29) is 11.9 Å². The van der Waals surface area contributed by atoms with Gasteiger partial charge < -0.3 is 14.6 Å². The minimum absolute atomic E-state index is 0.125. The Kier molecular flexibility index (Phi) is 5.12. The minimum Gasteiger partial charge on any atom is -0.490 e. The van der Waals surface area contributed by atoms with Crippen LogP contribution in [-0.4, -0.2) is 23.2 Å². The molecule has 1 heterocycles. The number of aromatic nitrogens is 2. The van der Waals surface area contributed by atoms with Crippen LogP contribution in [0, 0.1) is 5.82 Å². The number of halogens is 1. The maximum absolute atomic E-state index is 13.9. The number of hydrogen-bond acceptors (Lipinski definition) is 3. The van der Waals surface area contributed by atoms with E-state index in [0.29, 0.717) is 12.4 Å². The largest absolute Gasteiger partial charge is 0.490 e. The van der Waals surface area contributed by atoms with Gasteiger partial charge in [-0.25, -0.2) is 9.37 Å². The summed E-state index contributed by atoms with van der Waals surface area (Å²) < 4.78 is 21.3.